The molecular weight excluding hydrogens is 426 g/mol. The van der Waals surface area contributed by atoms with Crippen molar-refractivity contribution in [3.8, 4) is 5.75 Å². The first kappa shape index (κ1) is 20.1. The molecule has 0 N–H and O–H groups in total. The number of carbonyl (C=O) groups is 3. The van der Waals surface area contributed by atoms with Crippen molar-refractivity contribution < 1.29 is 19.1 Å². The lowest BCUT2D eigenvalue weighted by Crippen LogP contribution is -2.40. The summed E-state index contributed by atoms with van der Waals surface area (Å²) in [5.41, 5.74) is 2.47. The van der Waals surface area contributed by atoms with Crippen LogP contribution in [0.15, 0.2) is 71.1 Å². The van der Waals surface area contributed by atoms with E-state index in [2.05, 4.69) is 5.10 Å². The third kappa shape index (κ3) is 3.38. The first-order valence-electron chi connectivity index (χ1n) is 10.1. The first-order chi connectivity index (χ1) is 15.6. The van der Waals surface area contributed by atoms with E-state index >= 15 is 0 Å². The lowest BCUT2D eigenvalue weighted by atomic mass is 10.0. The maximum absolute atomic E-state index is 13.3. The number of rotatable bonds is 5. The Morgan fingerprint density at radius 2 is 1.88 bits per heavy atom. The second kappa shape index (κ2) is 8.05. The van der Waals surface area contributed by atoms with Gasteiger partial charge in [-0.15, -0.1) is 11.3 Å². The number of hydrogen-bond acceptors (Lipinski definition) is 6. The van der Waals surface area contributed by atoms with E-state index in [4.69, 9.17) is 4.74 Å². The normalized spacial score (nSPS) is 17.5. The molecule has 1 aromatic heterocycles. The summed E-state index contributed by atoms with van der Waals surface area (Å²) < 4.78 is 5.23. The number of carbonyl (C=O) groups excluding carboxylic acids is 3. The Kier molecular flexibility index (Phi) is 5.07. The average molecular weight is 446 g/mol. The molecule has 2 aliphatic rings. The van der Waals surface area contributed by atoms with Crippen LogP contribution in [0, 0.1) is 0 Å². The fourth-order valence-corrected chi connectivity index (χ4v) is 4.83. The Bertz CT molecular complexity index is 1230. The predicted molar refractivity (Wildman–Crippen MR) is 121 cm³/mol. The highest BCUT2D eigenvalue weighted by atomic mass is 32.1. The molecular formula is C24H19N3O4S. The predicted octanol–water partition coefficient (Wildman–Crippen LogP) is 3.66. The topological polar surface area (TPSA) is 79.3 Å². The third-order valence-corrected chi connectivity index (χ3v) is 6.61. The van der Waals surface area contributed by atoms with E-state index in [1.54, 1.807) is 42.7 Å². The molecule has 160 valence electrons. The Labute approximate surface area is 188 Å². The fraction of sp³-hybridized carbons (Fsp3) is 0.167. The number of hydrogen-bond donors (Lipinski definition) is 0. The molecule has 3 heterocycles. The van der Waals surface area contributed by atoms with Gasteiger partial charge in [0.15, 0.2) is 0 Å². The van der Waals surface area contributed by atoms with E-state index in [0.717, 1.165) is 21.9 Å². The molecule has 32 heavy (non-hydrogen) atoms. The number of anilines is 1. The Balaban J connectivity index is 1.45. The van der Waals surface area contributed by atoms with Gasteiger partial charge in [-0.1, -0.05) is 18.2 Å². The van der Waals surface area contributed by atoms with E-state index < -0.39 is 11.7 Å². The maximum atomic E-state index is 13.3. The van der Waals surface area contributed by atoms with Crippen molar-refractivity contribution in [2.24, 2.45) is 5.10 Å². The standard InChI is InChI=1S/C24H19N3O4S/c1-31-16-10-8-15(9-11-16)18-13-20(21-7-4-12-32-21)27(25-18)22(28)14-26-19-6-3-2-5-17(19)23(29)24(26)30/h2-12,20H,13-14H2,1H3. The summed E-state index contributed by atoms with van der Waals surface area (Å²) in [6.45, 7) is -0.247. The average Bonchev–Trinajstić information content (AvgIpc) is 3.55. The van der Waals surface area contributed by atoms with Gasteiger partial charge in [0, 0.05) is 11.3 Å². The van der Waals surface area contributed by atoms with Crippen LogP contribution in [-0.4, -0.2) is 42.0 Å². The summed E-state index contributed by atoms with van der Waals surface area (Å²) >= 11 is 1.56. The van der Waals surface area contributed by atoms with Gasteiger partial charge in [0.25, 0.3) is 17.6 Å². The number of para-hydroxylation sites is 1. The Morgan fingerprint density at radius 1 is 1.09 bits per heavy atom. The molecule has 0 saturated carbocycles. The molecule has 0 radical (unpaired) electrons. The highest BCUT2D eigenvalue weighted by Crippen LogP contribution is 2.36. The van der Waals surface area contributed by atoms with Gasteiger partial charge in [-0.3, -0.25) is 19.3 Å². The number of Topliss-reactive ketones (excluding diaryl/α,β-unsaturated/α-hetero) is 1. The van der Waals surface area contributed by atoms with Gasteiger partial charge < -0.3 is 4.74 Å². The van der Waals surface area contributed by atoms with E-state index in [9.17, 15) is 14.4 Å². The van der Waals surface area contributed by atoms with Crippen LogP contribution in [0.1, 0.15) is 33.3 Å². The SMILES string of the molecule is COc1ccc(C2=NN(C(=O)CN3C(=O)C(=O)c4ccccc43)C(c3cccs3)C2)cc1. The first-order valence-corrected chi connectivity index (χ1v) is 11.0. The molecule has 2 aliphatic heterocycles. The van der Waals surface area contributed by atoms with E-state index in [-0.39, 0.29) is 18.5 Å². The van der Waals surface area contributed by atoms with Crippen molar-refractivity contribution >= 4 is 40.3 Å². The smallest absolute Gasteiger partial charge is 0.299 e. The van der Waals surface area contributed by atoms with Crippen LogP contribution in [0.3, 0.4) is 0 Å². The maximum Gasteiger partial charge on any atom is 0.299 e. The van der Waals surface area contributed by atoms with Gasteiger partial charge in [-0.05, 0) is 53.4 Å². The van der Waals surface area contributed by atoms with Gasteiger partial charge in [-0.2, -0.15) is 5.10 Å². The van der Waals surface area contributed by atoms with Crippen LogP contribution >= 0.6 is 11.3 Å². The van der Waals surface area contributed by atoms with Crippen LogP contribution in [0.5, 0.6) is 5.75 Å². The van der Waals surface area contributed by atoms with Crippen molar-refractivity contribution in [1.82, 2.24) is 5.01 Å². The van der Waals surface area contributed by atoms with Gasteiger partial charge in [0.05, 0.1) is 30.1 Å². The van der Waals surface area contributed by atoms with E-state index in [1.165, 1.54) is 9.91 Å². The molecule has 1 atom stereocenters. The molecule has 5 rings (SSSR count). The van der Waals surface area contributed by atoms with Crippen LogP contribution in [0.4, 0.5) is 5.69 Å². The van der Waals surface area contributed by atoms with Crippen molar-refractivity contribution in [2.75, 3.05) is 18.6 Å². The van der Waals surface area contributed by atoms with E-state index in [1.807, 2.05) is 41.8 Å². The molecule has 7 nitrogen and oxygen atoms in total. The summed E-state index contributed by atoms with van der Waals surface area (Å²) in [4.78, 5) is 40.4. The molecule has 2 aromatic carbocycles. The Morgan fingerprint density at radius 3 is 2.59 bits per heavy atom. The second-order valence-corrected chi connectivity index (χ2v) is 8.47. The van der Waals surface area contributed by atoms with Crippen molar-refractivity contribution in [3.63, 3.8) is 0 Å². The zero-order valence-corrected chi connectivity index (χ0v) is 18.0. The zero-order valence-electron chi connectivity index (χ0n) is 17.2. The fourth-order valence-electron chi connectivity index (χ4n) is 4.01. The van der Waals surface area contributed by atoms with Gasteiger partial charge in [0.2, 0.25) is 0 Å². The summed E-state index contributed by atoms with van der Waals surface area (Å²) in [6, 6.07) is 17.9. The Hall–Kier alpha value is -3.78. The minimum Gasteiger partial charge on any atom is -0.497 e. The molecule has 0 fully saturated rings. The van der Waals surface area contributed by atoms with Crippen LogP contribution in [0.25, 0.3) is 0 Å². The number of methoxy groups -OCH3 is 1. The number of benzene rings is 2. The van der Waals surface area contributed by atoms with E-state index in [0.29, 0.717) is 17.7 Å². The molecule has 2 amide bonds. The lowest BCUT2D eigenvalue weighted by molar-refractivity contribution is -0.132. The third-order valence-electron chi connectivity index (χ3n) is 5.63. The minimum absolute atomic E-state index is 0.247. The summed E-state index contributed by atoms with van der Waals surface area (Å²) in [6.07, 6.45) is 0.558. The molecule has 1 unspecified atom stereocenters. The molecule has 3 aromatic rings. The summed E-state index contributed by atoms with van der Waals surface area (Å²) in [7, 11) is 1.61. The number of ether oxygens (including phenoxy) is 1. The molecule has 8 heteroatoms. The number of thiophene rings is 1. The second-order valence-electron chi connectivity index (χ2n) is 7.49. The quantitative estimate of drug-likeness (QED) is 0.562. The number of hydrazone groups is 1. The zero-order chi connectivity index (χ0) is 22.2. The van der Waals surface area contributed by atoms with Gasteiger partial charge in [0.1, 0.15) is 12.3 Å². The van der Waals surface area contributed by atoms with Crippen LogP contribution in [0.2, 0.25) is 0 Å². The van der Waals surface area contributed by atoms with Crippen molar-refractivity contribution in [3.05, 3.63) is 82.0 Å². The lowest BCUT2D eigenvalue weighted by Gasteiger charge is -2.23. The largest absolute Gasteiger partial charge is 0.497 e. The monoisotopic (exact) mass is 445 g/mol. The molecule has 0 spiro atoms. The highest BCUT2D eigenvalue weighted by molar-refractivity contribution is 7.10. The number of ketones is 1. The number of amides is 2. The number of nitrogens with zero attached hydrogens (tertiary/aromatic N) is 3. The summed E-state index contributed by atoms with van der Waals surface area (Å²) in [5, 5.41) is 8.05. The van der Waals surface area contributed by atoms with Crippen molar-refractivity contribution in [1.29, 1.82) is 0 Å². The molecule has 0 aliphatic carbocycles. The highest BCUT2D eigenvalue weighted by Gasteiger charge is 2.40. The van der Waals surface area contributed by atoms with Crippen LogP contribution in [-0.2, 0) is 9.59 Å². The molecule has 0 saturated heterocycles. The number of fused-ring (bicyclic) bond motifs is 1. The van der Waals surface area contributed by atoms with Crippen molar-refractivity contribution in [2.45, 2.75) is 12.5 Å². The van der Waals surface area contributed by atoms with Crippen LogP contribution < -0.4 is 9.64 Å². The summed E-state index contributed by atoms with van der Waals surface area (Å²) in [5.74, 6) is -0.881. The van der Waals surface area contributed by atoms with Gasteiger partial charge in [-0.25, -0.2) is 5.01 Å². The molecule has 0 bridgehead atoms. The van der Waals surface area contributed by atoms with Gasteiger partial charge >= 0.3 is 0 Å². The minimum atomic E-state index is -0.689.